The van der Waals surface area contributed by atoms with Crippen molar-refractivity contribution in [1.82, 2.24) is 20.4 Å². The molecule has 0 amide bonds. The van der Waals surface area contributed by atoms with E-state index in [1.807, 2.05) is 30.5 Å². The van der Waals surface area contributed by atoms with Crippen molar-refractivity contribution in [3.8, 4) is 11.5 Å². The molecule has 0 aliphatic rings. The first-order chi connectivity index (χ1) is 29.9. The Labute approximate surface area is 370 Å². The number of methoxy groups -OCH3 is 2. The maximum absolute atomic E-state index is 10.2. The van der Waals surface area contributed by atoms with Crippen LogP contribution in [0.2, 0.25) is 0 Å². The number of benzene rings is 4. The van der Waals surface area contributed by atoms with Gasteiger partial charge in [-0.25, -0.2) is 0 Å². The molecule has 4 rings (SSSR count). The Morgan fingerprint density at radius 2 is 0.918 bits per heavy atom. The van der Waals surface area contributed by atoms with Crippen LogP contribution in [0.3, 0.4) is 0 Å². The van der Waals surface area contributed by atoms with Gasteiger partial charge in [-0.15, -0.1) is 0 Å². The largest absolute Gasteiger partial charge is 0.497 e. The fraction of sp³-hybridized carbons (Fsp3) is 0.500. The normalized spacial score (nSPS) is 11.0. The highest BCUT2D eigenvalue weighted by atomic mass is 16.5. The van der Waals surface area contributed by atoms with E-state index < -0.39 is 0 Å². The molecule has 9 heteroatoms. The second-order valence-corrected chi connectivity index (χ2v) is 15.4. The number of nitrogens with zero attached hydrogens (tertiary/aromatic N) is 3. The van der Waals surface area contributed by atoms with Crippen molar-refractivity contribution in [2.75, 3.05) is 66.6 Å². The summed E-state index contributed by atoms with van der Waals surface area (Å²) in [5.74, 6) is 1.64. The van der Waals surface area contributed by atoms with Gasteiger partial charge < -0.3 is 35.6 Å². The van der Waals surface area contributed by atoms with Crippen LogP contribution in [0.25, 0.3) is 0 Å². The fourth-order valence-electron chi connectivity index (χ4n) is 6.76. The summed E-state index contributed by atoms with van der Waals surface area (Å²) in [6, 6.07) is 32.2. The number of ether oxygens (including phenoxy) is 2. The van der Waals surface area contributed by atoms with Crippen LogP contribution >= 0.6 is 0 Å². The van der Waals surface area contributed by atoms with E-state index in [1.54, 1.807) is 38.5 Å². The Kier molecular flexibility index (Phi) is 30.5. The SMILES string of the molecule is CCCN(CCC)CCCCNCc1ccc(CN)cc1.CCCN(CCC)CCCCNCc1ccc(CN=Cc2ccc(OC)cc2)cc1.COc1ccc(C=O)cc1. The van der Waals surface area contributed by atoms with Gasteiger partial charge >= 0.3 is 0 Å². The zero-order valence-corrected chi connectivity index (χ0v) is 38.7. The topological polar surface area (TPSA) is 104 Å². The first-order valence-electron chi connectivity index (χ1n) is 22.9. The third kappa shape index (κ3) is 25.2. The number of hydrogen-bond donors (Lipinski definition) is 3. The first kappa shape index (κ1) is 52.8. The quantitative estimate of drug-likeness (QED) is 0.0282. The first-order valence-corrected chi connectivity index (χ1v) is 22.9. The van der Waals surface area contributed by atoms with Crippen molar-refractivity contribution in [2.45, 2.75) is 105 Å². The highest BCUT2D eigenvalue weighted by molar-refractivity contribution is 5.79. The number of aldehydes is 1. The molecule has 61 heavy (non-hydrogen) atoms. The standard InChI is InChI=1S/C26H39N3O.C18H33N3.C8H8O2/c1-4-17-29(18-5-2)19-7-6-16-27-20-23-8-10-24(11-9-23)21-28-22-25-12-14-26(30-3)15-13-25;1-3-12-21(13-4-2)14-6-5-11-20-16-18-9-7-17(15-19)8-10-18;1-10-8-4-2-7(6-9)3-5-8/h8-15,22,27H,4-7,16-21H2,1-3H3;7-10,20H,3-6,11-16,19H2,1-2H3;2-6H,1H3. The molecule has 4 aromatic carbocycles. The molecular weight excluding hydrogens is 757 g/mol. The van der Waals surface area contributed by atoms with Crippen molar-refractivity contribution in [3.63, 3.8) is 0 Å². The lowest BCUT2D eigenvalue weighted by molar-refractivity contribution is 0.112. The fourth-order valence-corrected chi connectivity index (χ4v) is 6.76. The number of hydrogen-bond acceptors (Lipinski definition) is 9. The van der Waals surface area contributed by atoms with Gasteiger partial charge in [0.25, 0.3) is 0 Å². The molecule has 0 aromatic heterocycles. The highest BCUT2D eigenvalue weighted by Crippen LogP contribution is 2.12. The molecule has 4 aromatic rings. The maximum atomic E-state index is 10.2. The maximum Gasteiger partial charge on any atom is 0.150 e. The summed E-state index contributed by atoms with van der Waals surface area (Å²) < 4.78 is 10.1. The van der Waals surface area contributed by atoms with Crippen molar-refractivity contribution < 1.29 is 14.3 Å². The molecule has 0 aliphatic heterocycles. The number of nitrogens with one attached hydrogen (secondary N) is 2. The van der Waals surface area contributed by atoms with Gasteiger partial charge in [-0.05, 0) is 180 Å². The van der Waals surface area contributed by atoms with Crippen molar-refractivity contribution in [1.29, 1.82) is 0 Å². The molecule has 0 unspecified atom stereocenters. The highest BCUT2D eigenvalue weighted by Gasteiger charge is 2.03. The number of rotatable bonds is 29. The van der Waals surface area contributed by atoms with Crippen molar-refractivity contribution >= 4 is 12.5 Å². The van der Waals surface area contributed by atoms with Gasteiger partial charge in [-0.3, -0.25) is 9.79 Å². The number of carbonyl (C=O) groups is 1. The Balaban J connectivity index is 0.000000356. The minimum absolute atomic E-state index is 0.625. The van der Waals surface area contributed by atoms with Crippen LogP contribution in [-0.2, 0) is 26.2 Å². The van der Waals surface area contributed by atoms with Crippen LogP contribution < -0.4 is 25.8 Å². The van der Waals surface area contributed by atoms with E-state index in [1.165, 1.54) is 113 Å². The van der Waals surface area contributed by atoms with E-state index in [2.05, 4.69) is 102 Å². The smallest absolute Gasteiger partial charge is 0.150 e. The molecule has 0 aliphatic carbocycles. The summed E-state index contributed by atoms with van der Waals surface area (Å²) >= 11 is 0. The average molecular weight is 837 g/mol. The van der Waals surface area contributed by atoms with E-state index in [9.17, 15) is 4.79 Å². The third-order valence-corrected chi connectivity index (χ3v) is 10.1. The summed E-state index contributed by atoms with van der Waals surface area (Å²) in [4.78, 5) is 19.9. The molecule has 0 radical (unpaired) electrons. The average Bonchev–Trinajstić information content (AvgIpc) is 3.30. The molecule has 0 saturated heterocycles. The zero-order valence-electron chi connectivity index (χ0n) is 38.7. The van der Waals surface area contributed by atoms with E-state index in [-0.39, 0.29) is 0 Å². The number of unbranched alkanes of at least 4 members (excludes halogenated alkanes) is 2. The Morgan fingerprint density at radius 1 is 0.525 bits per heavy atom. The zero-order chi connectivity index (χ0) is 44.2. The molecule has 0 spiro atoms. The Morgan fingerprint density at radius 3 is 1.30 bits per heavy atom. The molecule has 0 bridgehead atoms. The Bertz CT molecular complexity index is 1640. The number of aliphatic imine (C=N–C) groups is 1. The lowest BCUT2D eigenvalue weighted by Crippen LogP contribution is -2.27. The van der Waals surface area contributed by atoms with E-state index >= 15 is 0 Å². The minimum Gasteiger partial charge on any atom is -0.497 e. The molecule has 336 valence electrons. The second-order valence-electron chi connectivity index (χ2n) is 15.4. The van der Waals surface area contributed by atoms with Crippen LogP contribution in [0, 0.1) is 0 Å². The summed E-state index contributed by atoms with van der Waals surface area (Å²) in [6.07, 6.45) is 12.8. The Hall–Kier alpha value is -4.38. The van der Waals surface area contributed by atoms with Gasteiger partial charge in [0, 0.05) is 31.4 Å². The molecule has 0 atom stereocenters. The van der Waals surface area contributed by atoms with Gasteiger partial charge in [-0.1, -0.05) is 76.2 Å². The second kappa shape index (κ2) is 35.2. The lowest BCUT2D eigenvalue weighted by Gasteiger charge is -2.20. The summed E-state index contributed by atoms with van der Waals surface area (Å²) in [5.41, 5.74) is 12.5. The van der Waals surface area contributed by atoms with E-state index in [4.69, 9.17) is 15.2 Å². The predicted octanol–water partition coefficient (Wildman–Crippen LogP) is 9.95. The molecule has 4 N–H and O–H groups in total. The van der Waals surface area contributed by atoms with E-state index in [0.717, 1.165) is 49.5 Å². The van der Waals surface area contributed by atoms with Crippen LogP contribution in [0.5, 0.6) is 11.5 Å². The third-order valence-electron chi connectivity index (χ3n) is 10.1. The van der Waals surface area contributed by atoms with Crippen molar-refractivity contribution in [2.24, 2.45) is 10.7 Å². The van der Waals surface area contributed by atoms with Crippen molar-refractivity contribution in [3.05, 3.63) is 130 Å². The minimum atomic E-state index is 0.625. The molecule has 9 nitrogen and oxygen atoms in total. The molecule has 0 fully saturated rings. The number of nitrogens with two attached hydrogens (primary N) is 1. The van der Waals surface area contributed by atoms with E-state index in [0.29, 0.717) is 18.7 Å². The number of carbonyl (C=O) groups excluding carboxylic acids is 1. The summed E-state index contributed by atoms with van der Waals surface area (Å²) in [7, 11) is 3.27. The monoisotopic (exact) mass is 837 g/mol. The summed E-state index contributed by atoms with van der Waals surface area (Å²) in [6.45, 7) is 21.9. The molecular formula is C52H80N6O3. The lowest BCUT2D eigenvalue weighted by atomic mass is 10.1. The molecule has 0 heterocycles. The van der Waals surface area contributed by atoms with Crippen LogP contribution in [-0.4, -0.2) is 88.9 Å². The van der Waals surface area contributed by atoms with Gasteiger partial charge in [-0.2, -0.15) is 0 Å². The summed E-state index contributed by atoms with van der Waals surface area (Å²) in [5, 5.41) is 7.10. The van der Waals surface area contributed by atoms with Crippen LogP contribution in [0.15, 0.2) is 102 Å². The van der Waals surface area contributed by atoms with Gasteiger partial charge in [0.15, 0.2) is 0 Å². The van der Waals surface area contributed by atoms with Crippen LogP contribution in [0.1, 0.15) is 117 Å². The predicted molar refractivity (Wildman–Crippen MR) is 259 cm³/mol. The van der Waals surface area contributed by atoms with Gasteiger partial charge in [0.2, 0.25) is 0 Å². The van der Waals surface area contributed by atoms with Crippen LogP contribution in [0.4, 0.5) is 0 Å². The van der Waals surface area contributed by atoms with Gasteiger partial charge in [0.1, 0.15) is 17.8 Å². The van der Waals surface area contributed by atoms with Gasteiger partial charge in [0.05, 0.1) is 20.8 Å². The molecule has 0 saturated carbocycles.